The Balaban J connectivity index is 0.00000181. The van der Waals surface area contributed by atoms with E-state index in [9.17, 15) is 27.9 Å². The number of hydrogen-bond acceptors (Lipinski definition) is 4. The van der Waals surface area contributed by atoms with Gasteiger partial charge in [0.1, 0.15) is 11.3 Å². The van der Waals surface area contributed by atoms with E-state index in [4.69, 9.17) is 4.42 Å². The first kappa shape index (κ1) is 28.7. The van der Waals surface area contributed by atoms with Crippen molar-refractivity contribution in [3.8, 4) is 28.0 Å². The van der Waals surface area contributed by atoms with Gasteiger partial charge in [-0.3, -0.25) is 4.79 Å². The third-order valence-electron chi connectivity index (χ3n) is 4.69. The molecule has 0 spiro atoms. The molecule has 0 aliphatic rings. The van der Waals surface area contributed by atoms with Crippen LogP contribution in [0.15, 0.2) is 82.0 Å². The van der Waals surface area contributed by atoms with Gasteiger partial charge in [0, 0.05) is 49.4 Å². The van der Waals surface area contributed by atoms with Crippen molar-refractivity contribution in [1.29, 1.82) is 0 Å². The topological polar surface area (TPSA) is 131 Å². The van der Waals surface area contributed by atoms with Gasteiger partial charge >= 0.3 is 11.8 Å². The van der Waals surface area contributed by atoms with Gasteiger partial charge in [-0.2, -0.15) is 13.2 Å². The van der Waals surface area contributed by atoms with Crippen LogP contribution in [0, 0.1) is 49.4 Å². The second-order valence-electron chi connectivity index (χ2n) is 6.59. The van der Waals surface area contributed by atoms with Crippen molar-refractivity contribution in [3.05, 3.63) is 88.8 Å². The Morgan fingerprint density at radius 1 is 0.788 bits per heavy atom. The van der Waals surface area contributed by atoms with Crippen LogP contribution in [0.3, 0.4) is 0 Å². The summed E-state index contributed by atoms with van der Waals surface area (Å²) >= 11 is 0. The van der Waals surface area contributed by atoms with Crippen LogP contribution in [0.5, 0.6) is 5.75 Å². The van der Waals surface area contributed by atoms with Crippen LogP contribution in [0.4, 0.5) is 13.2 Å². The zero-order valence-electron chi connectivity index (χ0n) is 16.6. The standard InChI is InChI=1S/C23H13F3O4.Eu.2H2O/c24-23(25,26)21(28)19-20(27)17-12-16(10-11-18(17)30-22(19)29)15-8-6-14(7-9-15)13-4-2-1-3-5-13;;;/h1-12,27H;;2*1H2. The van der Waals surface area contributed by atoms with E-state index in [1.54, 1.807) is 6.07 Å². The molecule has 173 valence electrons. The maximum absolute atomic E-state index is 12.8. The Morgan fingerprint density at radius 3 is 1.82 bits per heavy atom. The van der Waals surface area contributed by atoms with Crippen molar-refractivity contribution in [1.82, 2.24) is 0 Å². The fourth-order valence-corrected chi connectivity index (χ4v) is 3.19. The van der Waals surface area contributed by atoms with E-state index < -0.39 is 28.9 Å². The maximum atomic E-state index is 12.8. The molecule has 0 aliphatic heterocycles. The molecule has 5 N–H and O–H groups in total. The van der Waals surface area contributed by atoms with Gasteiger partial charge in [-0.05, 0) is 34.4 Å². The summed E-state index contributed by atoms with van der Waals surface area (Å²) in [5.74, 6) is -3.50. The fourth-order valence-electron chi connectivity index (χ4n) is 3.19. The molecule has 6 nitrogen and oxygen atoms in total. The van der Waals surface area contributed by atoms with E-state index in [1.807, 2.05) is 54.6 Å². The van der Waals surface area contributed by atoms with Crippen molar-refractivity contribution in [2.45, 2.75) is 6.18 Å². The van der Waals surface area contributed by atoms with E-state index in [-0.39, 0.29) is 71.3 Å². The Bertz CT molecular complexity index is 1320. The van der Waals surface area contributed by atoms with Gasteiger partial charge in [0.15, 0.2) is 5.56 Å². The number of ketones is 1. The summed E-state index contributed by atoms with van der Waals surface area (Å²) in [5.41, 5.74) is 0.210. The Labute approximate surface area is 225 Å². The van der Waals surface area contributed by atoms with Crippen molar-refractivity contribution in [2.24, 2.45) is 0 Å². The zero-order valence-corrected chi connectivity index (χ0v) is 19.0. The molecule has 33 heavy (non-hydrogen) atoms. The Morgan fingerprint density at radius 2 is 1.27 bits per heavy atom. The number of aromatic hydroxyl groups is 1. The number of benzene rings is 3. The van der Waals surface area contributed by atoms with Gasteiger partial charge in [-0.25, -0.2) is 4.79 Å². The predicted molar refractivity (Wildman–Crippen MR) is 113 cm³/mol. The predicted octanol–water partition coefficient (Wildman–Crippen LogP) is 3.93. The van der Waals surface area contributed by atoms with Crippen molar-refractivity contribution < 1.29 is 87.8 Å². The zero-order chi connectivity index (χ0) is 21.5. The molecule has 10 heteroatoms. The molecule has 1 aromatic heterocycles. The minimum Gasteiger partial charge on any atom is -0.506 e. The Kier molecular flexibility index (Phi) is 9.71. The van der Waals surface area contributed by atoms with E-state index in [1.165, 1.54) is 12.1 Å². The molecule has 4 aromatic rings. The molecular formula is C23H17EuF3O6. The van der Waals surface area contributed by atoms with E-state index in [0.29, 0.717) is 5.56 Å². The minimum atomic E-state index is -5.31. The molecule has 1 heterocycles. The summed E-state index contributed by atoms with van der Waals surface area (Å²) in [4.78, 5) is 23.4. The molecule has 4 rings (SSSR count). The first-order valence-electron chi connectivity index (χ1n) is 8.83. The molecule has 0 fully saturated rings. The average Bonchev–Trinajstić information content (AvgIpc) is 2.73. The number of rotatable bonds is 3. The van der Waals surface area contributed by atoms with Gasteiger partial charge in [0.25, 0.3) is 5.78 Å². The number of Topliss-reactive ketones (excluding diaryl/α,β-unsaturated/α-hetero) is 1. The second-order valence-corrected chi connectivity index (χ2v) is 6.59. The van der Waals surface area contributed by atoms with Crippen LogP contribution in [-0.2, 0) is 0 Å². The SMILES string of the molecule is O.O.O=C(c1c(O)c2cc(-c3ccc(-c4ccccc4)cc3)ccc2oc1=O)C(F)(F)F.[Eu]. The van der Waals surface area contributed by atoms with Gasteiger partial charge in [0.2, 0.25) is 0 Å². The third kappa shape index (κ3) is 5.77. The average molecular weight is 598 g/mol. The van der Waals surface area contributed by atoms with Crippen LogP contribution < -0.4 is 5.63 Å². The quantitative estimate of drug-likeness (QED) is 0.283. The van der Waals surface area contributed by atoms with Crippen LogP contribution in [0.25, 0.3) is 33.2 Å². The van der Waals surface area contributed by atoms with Crippen LogP contribution in [-0.4, -0.2) is 28.0 Å². The molecular weight excluding hydrogens is 581 g/mol. The van der Waals surface area contributed by atoms with Gasteiger partial charge in [-0.15, -0.1) is 0 Å². The first-order valence-corrected chi connectivity index (χ1v) is 8.83. The number of carbonyl (C=O) groups excluding carboxylic acids is 1. The number of alkyl halides is 3. The van der Waals surface area contributed by atoms with Crippen LogP contribution in [0.1, 0.15) is 10.4 Å². The van der Waals surface area contributed by atoms with Gasteiger partial charge < -0.3 is 20.5 Å². The normalized spacial score (nSPS) is 10.5. The van der Waals surface area contributed by atoms with E-state index in [0.717, 1.165) is 16.7 Å². The number of halogens is 3. The molecule has 0 saturated carbocycles. The minimum absolute atomic E-state index is 0. The molecule has 0 unspecified atom stereocenters. The van der Waals surface area contributed by atoms with E-state index >= 15 is 0 Å². The maximum Gasteiger partial charge on any atom is 0.455 e. The summed E-state index contributed by atoms with van der Waals surface area (Å²) in [6, 6.07) is 21.4. The molecule has 0 saturated heterocycles. The second kappa shape index (κ2) is 11.2. The van der Waals surface area contributed by atoms with Gasteiger partial charge in [0.05, 0.1) is 5.39 Å². The van der Waals surface area contributed by atoms with Crippen molar-refractivity contribution in [3.63, 3.8) is 0 Å². The number of hydrogen-bond donors (Lipinski definition) is 1. The van der Waals surface area contributed by atoms with Crippen molar-refractivity contribution >= 4 is 16.8 Å². The summed E-state index contributed by atoms with van der Waals surface area (Å²) in [6.45, 7) is 0. The summed E-state index contributed by atoms with van der Waals surface area (Å²) in [7, 11) is 0. The fraction of sp³-hybridized carbons (Fsp3) is 0.0435. The molecule has 0 atom stereocenters. The molecule has 0 bridgehead atoms. The Hall–Kier alpha value is -2.37. The summed E-state index contributed by atoms with van der Waals surface area (Å²) in [6.07, 6.45) is -5.31. The van der Waals surface area contributed by atoms with Crippen LogP contribution in [0.2, 0.25) is 0 Å². The number of carbonyl (C=O) groups is 1. The molecule has 1 radical (unpaired) electrons. The van der Waals surface area contributed by atoms with Crippen molar-refractivity contribution in [2.75, 3.05) is 0 Å². The molecule has 0 amide bonds. The number of fused-ring (bicyclic) bond motifs is 1. The first-order chi connectivity index (χ1) is 14.3. The summed E-state index contributed by atoms with van der Waals surface area (Å²) < 4.78 is 43.1. The van der Waals surface area contributed by atoms with Crippen LogP contribution >= 0.6 is 0 Å². The summed E-state index contributed by atoms with van der Waals surface area (Å²) in [5, 5.41) is 10.1. The smallest absolute Gasteiger partial charge is 0.455 e. The third-order valence-corrected chi connectivity index (χ3v) is 4.69. The monoisotopic (exact) mass is 599 g/mol. The largest absolute Gasteiger partial charge is 0.506 e. The van der Waals surface area contributed by atoms with E-state index in [2.05, 4.69) is 0 Å². The molecule has 3 aromatic carbocycles. The molecule has 0 aliphatic carbocycles. The van der Waals surface area contributed by atoms with Gasteiger partial charge in [-0.1, -0.05) is 60.7 Å².